The van der Waals surface area contributed by atoms with Gasteiger partial charge in [-0.2, -0.15) is 0 Å². The Labute approximate surface area is 110 Å². The summed E-state index contributed by atoms with van der Waals surface area (Å²) < 4.78 is 0. The lowest BCUT2D eigenvalue weighted by Crippen LogP contribution is -2.40. The van der Waals surface area contributed by atoms with Crippen LogP contribution < -0.4 is 0 Å². The van der Waals surface area contributed by atoms with Crippen molar-refractivity contribution in [2.24, 2.45) is 0 Å². The van der Waals surface area contributed by atoms with Gasteiger partial charge < -0.3 is 10.0 Å². The van der Waals surface area contributed by atoms with Gasteiger partial charge in [0.1, 0.15) is 0 Å². The van der Waals surface area contributed by atoms with Gasteiger partial charge in [0.25, 0.3) is 11.6 Å². The van der Waals surface area contributed by atoms with Gasteiger partial charge in [-0.25, -0.2) is 0 Å². The average molecular weight is 264 g/mol. The lowest BCUT2D eigenvalue weighted by Gasteiger charge is -2.29. The van der Waals surface area contributed by atoms with Gasteiger partial charge in [-0.05, 0) is 31.9 Å². The molecule has 0 atom stereocenters. The van der Waals surface area contributed by atoms with E-state index >= 15 is 0 Å². The van der Waals surface area contributed by atoms with Crippen molar-refractivity contribution in [1.82, 2.24) is 4.90 Å². The zero-order valence-corrected chi connectivity index (χ0v) is 10.7. The molecule has 0 spiro atoms. The Morgan fingerprint density at radius 3 is 2.58 bits per heavy atom. The fraction of sp³-hybridized carbons (Fsp3) is 0.462. The smallest absolute Gasteiger partial charge is 0.272 e. The van der Waals surface area contributed by atoms with Crippen molar-refractivity contribution in [2.75, 3.05) is 13.1 Å². The Morgan fingerprint density at radius 1 is 1.42 bits per heavy atom. The largest absolute Gasteiger partial charge is 0.393 e. The fourth-order valence-corrected chi connectivity index (χ4v) is 2.24. The van der Waals surface area contributed by atoms with Crippen LogP contribution >= 0.6 is 0 Å². The van der Waals surface area contributed by atoms with E-state index in [0.29, 0.717) is 37.1 Å². The molecular weight excluding hydrogens is 248 g/mol. The number of benzene rings is 1. The van der Waals surface area contributed by atoms with Crippen LogP contribution in [-0.4, -0.2) is 40.0 Å². The van der Waals surface area contributed by atoms with Crippen molar-refractivity contribution < 1.29 is 14.8 Å². The number of nitro groups is 1. The monoisotopic (exact) mass is 264 g/mol. The summed E-state index contributed by atoms with van der Waals surface area (Å²) in [7, 11) is 0. The SMILES string of the molecule is Cc1cc(C(=O)N2CCC(O)CC2)ccc1[N+](=O)[O-]. The van der Waals surface area contributed by atoms with Crippen molar-refractivity contribution in [2.45, 2.75) is 25.9 Å². The predicted molar refractivity (Wildman–Crippen MR) is 69.0 cm³/mol. The van der Waals surface area contributed by atoms with E-state index in [1.54, 1.807) is 17.9 Å². The molecule has 19 heavy (non-hydrogen) atoms. The Balaban J connectivity index is 2.16. The molecule has 1 aliphatic heterocycles. The summed E-state index contributed by atoms with van der Waals surface area (Å²) in [4.78, 5) is 24.2. The molecule has 0 aliphatic carbocycles. The van der Waals surface area contributed by atoms with Crippen molar-refractivity contribution in [1.29, 1.82) is 0 Å². The second-order valence-corrected chi connectivity index (χ2v) is 4.78. The van der Waals surface area contributed by atoms with Gasteiger partial charge in [0, 0.05) is 30.3 Å². The number of carbonyl (C=O) groups excluding carboxylic acids is 1. The van der Waals surface area contributed by atoms with Crippen LogP contribution in [0.2, 0.25) is 0 Å². The molecule has 6 nitrogen and oxygen atoms in total. The zero-order valence-electron chi connectivity index (χ0n) is 10.7. The number of carbonyl (C=O) groups is 1. The minimum Gasteiger partial charge on any atom is -0.393 e. The summed E-state index contributed by atoms with van der Waals surface area (Å²) in [5, 5.41) is 20.1. The topological polar surface area (TPSA) is 83.7 Å². The average Bonchev–Trinajstić information content (AvgIpc) is 2.38. The van der Waals surface area contributed by atoms with E-state index in [1.807, 2.05) is 0 Å². The molecule has 6 heteroatoms. The highest BCUT2D eigenvalue weighted by Crippen LogP contribution is 2.21. The van der Waals surface area contributed by atoms with Crippen molar-refractivity contribution >= 4 is 11.6 Å². The van der Waals surface area contributed by atoms with E-state index in [-0.39, 0.29) is 17.7 Å². The lowest BCUT2D eigenvalue weighted by molar-refractivity contribution is -0.385. The first-order chi connectivity index (χ1) is 8.99. The first-order valence-electron chi connectivity index (χ1n) is 6.21. The first-order valence-corrected chi connectivity index (χ1v) is 6.21. The molecule has 1 fully saturated rings. The zero-order chi connectivity index (χ0) is 14.0. The fourth-order valence-electron chi connectivity index (χ4n) is 2.24. The molecule has 2 rings (SSSR count). The maximum atomic E-state index is 12.2. The van der Waals surface area contributed by atoms with Gasteiger partial charge in [-0.15, -0.1) is 0 Å². The van der Waals surface area contributed by atoms with E-state index in [9.17, 15) is 20.0 Å². The minimum absolute atomic E-state index is 0.0191. The van der Waals surface area contributed by atoms with Crippen LogP contribution in [0, 0.1) is 17.0 Å². The van der Waals surface area contributed by atoms with E-state index in [4.69, 9.17) is 0 Å². The van der Waals surface area contributed by atoms with Crippen LogP contribution in [0.3, 0.4) is 0 Å². The highest BCUT2D eigenvalue weighted by atomic mass is 16.6. The molecule has 0 bridgehead atoms. The number of amides is 1. The standard InChI is InChI=1S/C13H16N2O4/c1-9-8-10(2-3-12(9)15(18)19)13(17)14-6-4-11(16)5-7-14/h2-3,8,11,16H,4-7H2,1H3. The molecule has 1 aromatic rings. The third-order valence-electron chi connectivity index (χ3n) is 3.39. The number of aliphatic hydroxyl groups is 1. The van der Waals surface area contributed by atoms with Crippen molar-refractivity contribution in [3.63, 3.8) is 0 Å². The molecule has 0 unspecified atom stereocenters. The maximum absolute atomic E-state index is 12.2. The summed E-state index contributed by atoms with van der Waals surface area (Å²) in [6.07, 6.45) is 0.831. The first kappa shape index (κ1) is 13.5. The van der Waals surface area contributed by atoms with Crippen LogP contribution in [0.4, 0.5) is 5.69 Å². The number of nitro benzene ring substituents is 1. The number of hydrogen-bond donors (Lipinski definition) is 1. The molecule has 1 aliphatic rings. The van der Waals surface area contributed by atoms with Crippen LogP contribution in [0.5, 0.6) is 0 Å². The second-order valence-electron chi connectivity index (χ2n) is 4.78. The van der Waals surface area contributed by atoms with Gasteiger partial charge in [0.15, 0.2) is 0 Å². The number of nitrogens with zero attached hydrogens (tertiary/aromatic N) is 2. The highest BCUT2D eigenvalue weighted by molar-refractivity contribution is 5.94. The Hall–Kier alpha value is -1.95. The van der Waals surface area contributed by atoms with Gasteiger partial charge >= 0.3 is 0 Å². The molecule has 1 amide bonds. The summed E-state index contributed by atoms with van der Waals surface area (Å²) >= 11 is 0. The minimum atomic E-state index is -0.457. The highest BCUT2D eigenvalue weighted by Gasteiger charge is 2.23. The molecule has 1 heterocycles. The Bertz CT molecular complexity index is 507. The summed E-state index contributed by atoms with van der Waals surface area (Å²) in [5.41, 5.74) is 0.956. The summed E-state index contributed by atoms with van der Waals surface area (Å²) in [6, 6.07) is 4.39. The van der Waals surface area contributed by atoms with E-state index in [0.717, 1.165) is 0 Å². The number of piperidine rings is 1. The van der Waals surface area contributed by atoms with E-state index < -0.39 is 4.92 Å². The molecule has 1 N–H and O–H groups in total. The van der Waals surface area contributed by atoms with E-state index in [1.165, 1.54) is 12.1 Å². The molecule has 1 saturated heterocycles. The summed E-state index contributed by atoms with van der Waals surface area (Å²) in [6.45, 7) is 2.67. The van der Waals surface area contributed by atoms with E-state index in [2.05, 4.69) is 0 Å². The predicted octanol–water partition coefficient (Wildman–Crippen LogP) is 1.50. The lowest BCUT2D eigenvalue weighted by atomic mass is 10.0. The van der Waals surface area contributed by atoms with Crippen LogP contribution in [0.25, 0.3) is 0 Å². The third kappa shape index (κ3) is 2.90. The molecule has 0 saturated carbocycles. The van der Waals surface area contributed by atoms with Crippen LogP contribution in [-0.2, 0) is 0 Å². The summed E-state index contributed by atoms with van der Waals surface area (Å²) in [5.74, 6) is -0.134. The van der Waals surface area contributed by atoms with Gasteiger partial charge in [-0.3, -0.25) is 14.9 Å². The number of aryl methyl sites for hydroxylation is 1. The van der Waals surface area contributed by atoms with Crippen LogP contribution in [0.1, 0.15) is 28.8 Å². The number of likely N-dealkylation sites (tertiary alicyclic amines) is 1. The van der Waals surface area contributed by atoms with Crippen molar-refractivity contribution in [3.8, 4) is 0 Å². The molecule has 1 aromatic carbocycles. The third-order valence-corrected chi connectivity index (χ3v) is 3.39. The molecule has 0 aromatic heterocycles. The second kappa shape index (κ2) is 5.36. The van der Waals surface area contributed by atoms with Crippen LogP contribution in [0.15, 0.2) is 18.2 Å². The maximum Gasteiger partial charge on any atom is 0.272 e. The molecular formula is C13H16N2O4. The number of rotatable bonds is 2. The van der Waals surface area contributed by atoms with Crippen molar-refractivity contribution in [3.05, 3.63) is 39.4 Å². The number of aliphatic hydroxyl groups excluding tert-OH is 1. The van der Waals surface area contributed by atoms with Gasteiger partial charge in [0.2, 0.25) is 0 Å². The normalized spacial score (nSPS) is 16.4. The Kier molecular flexibility index (Phi) is 3.80. The molecule has 0 radical (unpaired) electrons. The Morgan fingerprint density at radius 2 is 2.05 bits per heavy atom. The number of hydrogen-bond acceptors (Lipinski definition) is 4. The quantitative estimate of drug-likeness (QED) is 0.648. The van der Waals surface area contributed by atoms with Gasteiger partial charge in [-0.1, -0.05) is 0 Å². The molecule has 102 valence electrons. The van der Waals surface area contributed by atoms with Gasteiger partial charge in [0.05, 0.1) is 11.0 Å².